The monoisotopic (exact) mass is 274 g/mol. The molecular formula is C9H11BrN2OS. The summed E-state index contributed by atoms with van der Waals surface area (Å²) in [6, 6.07) is 3.50. The zero-order valence-corrected chi connectivity index (χ0v) is 10.2. The number of nitrogens with zero attached hydrogens (tertiary/aromatic N) is 1. The van der Waals surface area contributed by atoms with Crippen molar-refractivity contribution in [2.45, 2.75) is 0 Å². The fraction of sp³-hybridized carbons (Fsp3) is 0.333. The Morgan fingerprint density at radius 2 is 2.43 bits per heavy atom. The maximum absolute atomic E-state index is 11.4. The third kappa shape index (κ3) is 3.67. The van der Waals surface area contributed by atoms with E-state index in [4.69, 9.17) is 0 Å². The summed E-state index contributed by atoms with van der Waals surface area (Å²) in [5.41, 5.74) is 0.453. The number of aromatic nitrogens is 1. The highest BCUT2D eigenvalue weighted by Crippen LogP contribution is 2.07. The number of halogens is 1. The van der Waals surface area contributed by atoms with Crippen molar-refractivity contribution >= 4 is 33.6 Å². The molecule has 0 saturated carbocycles. The van der Waals surface area contributed by atoms with E-state index >= 15 is 0 Å². The van der Waals surface area contributed by atoms with Crippen LogP contribution in [0.3, 0.4) is 0 Å². The number of hydrogen-bond acceptors (Lipinski definition) is 3. The van der Waals surface area contributed by atoms with Gasteiger partial charge in [-0.15, -0.1) is 0 Å². The molecule has 0 aliphatic heterocycles. The van der Waals surface area contributed by atoms with Crippen LogP contribution in [0, 0.1) is 0 Å². The molecule has 0 atom stereocenters. The van der Waals surface area contributed by atoms with Crippen LogP contribution in [-0.4, -0.2) is 29.4 Å². The van der Waals surface area contributed by atoms with Gasteiger partial charge in [-0.3, -0.25) is 4.79 Å². The van der Waals surface area contributed by atoms with Crippen molar-refractivity contribution in [2.75, 3.05) is 18.6 Å². The van der Waals surface area contributed by atoms with Gasteiger partial charge in [0.25, 0.3) is 5.91 Å². The molecule has 0 aliphatic carbocycles. The SMILES string of the molecule is CSCCNC(=O)c1ccc(Br)cn1. The van der Waals surface area contributed by atoms with E-state index in [1.807, 2.05) is 6.26 Å². The van der Waals surface area contributed by atoms with Gasteiger partial charge in [0, 0.05) is 23.0 Å². The van der Waals surface area contributed by atoms with Crippen LogP contribution in [0.25, 0.3) is 0 Å². The highest BCUT2D eigenvalue weighted by Gasteiger charge is 2.04. The van der Waals surface area contributed by atoms with Gasteiger partial charge in [-0.1, -0.05) is 0 Å². The summed E-state index contributed by atoms with van der Waals surface area (Å²) in [7, 11) is 0. The molecule has 1 aromatic heterocycles. The van der Waals surface area contributed by atoms with Gasteiger partial charge in [-0.25, -0.2) is 4.98 Å². The number of pyridine rings is 1. The summed E-state index contributed by atoms with van der Waals surface area (Å²) >= 11 is 4.96. The number of hydrogen-bond donors (Lipinski definition) is 1. The van der Waals surface area contributed by atoms with E-state index in [0.717, 1.165) is 10.2 Å². The van der Waals surface area contributed by atoms with Gasteiger partial charge in [0.2, 0.25) is 0 Å². The van der Waals surface area contributed by atoms with Crippen LogP contribution >= 0.6 is 27.7 Å². The summed E-state index contributed by atoms with van der Waals surface area (Å²) < 4.78 is 0.873. The molecule has 1 amide bonds. The summed E-state index contributed by atoms with van der Waals surface area (Å²) in [5, 5.41) is 2.78. The molecule has 0 radical (unpaired) electrons. The molecule has 0 unspecified atom stereocenters. The first kappa shape index (κ1) is 11.5. The molecule has 0 saturated heterocycles. The van der Waals surface area contributed by atoms with Gasteiger partial charge in [-0.05, 0) is 34.3 Å². The van der Waals surface area contributed by atoms with Gasteiger partial charge in [0.15, 0.2) is 0 Å². The topological polar surface area (TPSA) is 42.0 Å². The van der Waals surface area contributed by atoms with Crippen molar-refractivity contribution in [1.29, 1.82) is 0 Å². The third-order valence-corrected chi connectivity index (χ3v) is 2.63. The predicted octanol–water partition coefficient (Wildman–Crippen LogP) is 1.94. The van der Waals surface area contributed by atoms with E-state index in [-0.39, 0.29) is 5.91 Å². The molecular weight excluding hydrogens is 264 g/mol. The summed E-state index contributed by atoms with van der Waals surface area (Å²) in [4.78, 5) is 15.4. The number of nitrogens with one attached hydrogen (secondary N) is 1. The van der Waals surface area contributed by atoms with E-state index in [1.54, 1.807) is 30.1 Å². The largest absolute Gasteiger partial charge is 0.350 e. The van der Waals surface area contributed by atoms with Crippen LogP contribution in [0.15, 0.2) is 22.8 Å². The van der Waals surface area contributed by atoms with Crippen molar-refractivity contribution in [1.82, 2.24) is 10.3 Å². The normalized spacial score (nSPS) is 9.86. The lowest BCUT2D eigenvalue weighted by Gasteiger charge is -2.02. The standard InChI is InChI=1S/C9H11BrN2OS/c1-14-5-4-11-9(13)8-3-2-7(10)6-12-8/h2-3,6H,4-5H2,1H3,(H,11,13). The quantitative estimate of drug-likeness (QED) is 0.854. The lowest BCUT2D eigenvalue weighted by Crippen LogP contribution is -2.26. The molecule has 5 heteroatoms. The third-order valence-electron chi connectivity index (χ3n) is 1.55. The van der Waals surface area contributed by atoms with Crippen molar-refractivity contribution in [2.24, 2.45) is 0 Å². The maximum Gasteiger partial charge on any atom is 0.269 e. The van der Waals surface area contributed by atoms with Crippen molar-refractivity contribution in [3.63, 3.8) is 0 Å². The molecule has 1 aromatic rings. The Labute approximate surface area is 95.8 Å². The zero-order valence-electron chi connectivity index (χ0n) is 7.79. The van der Waals surface area contributed by atoms with Crippen molar-refractivity contribution < 1.29 is 4.79 Å². The van der Waals surface area contributed by atoms with E-state index in [2.05, 4.69) is 26.2 Å². The summed E-state index contributed by atoms with van der Waals surface area (Å²) in [6.45, 7) is 0.678. The van der Waals surface area contributed by atoms with Crippen LogP contribution in [0.2, 0.25) is 0 Å². The van der Waals surface area contributed by atoms with E-state index in [1.165, 1.54) is 0 Å². The Morgan fingerprint density at radius 3 is 3.00 bits per heavy atom. The smallest absolute Gasteiger partial charge is 0.269 e. The lowest BCUT2D eigenvalue weighted by molar-refractivity contribution is 0.0951. The van der Waals surface area contributed by atoms with Crippen molar-refractivity contribution in [3.05, 3.63) is 28.5 Å². The Bertz CT molecular complexity index is 302. The van der Waals surface area contributed by atoms with Gasteiger partial charge < -0.3 is 5.32 Å². The molecule has 1 rings (SSSR count). The Hall–Kier alpha value is -0.550. The Balaban J connectivity index is 2.48. The fourth-order valence-corrected chi connectivity index (χ4v) is 1.41. The number of amides is 1. The van der Waals surface area contributed by atoms with E-state index in [9.17, 15) is 4.79 Å². The Kier molecular flexibility index (Phi) is 4.97. The number of carbonyl (C=O) groups is 1. The van der Waals surface area contributed by atoms with Crippen LogP contribution in [0.5, 0.6) is 0 Å². The van der Waals surface area contributed by atoms with Gasteiger partial charge >= 0.3 is 0 Å². The highest BCUT2D eigenvalue weighted by atomic mass is 79.9. The van der Waals surface area contributed by atoms with Crippen LogP contribution in [0.1, 0.15) is 10.5 Å². The summed E-state index contributed by atoms with van der Waals surface area (Å²) in [5.74, 6) is 0.800. The average Bonchev–Trinajstić information content (AvgIpc) is 2.19. The predicted molar refractivity (Wildman–Crippen MR) is 62.7 cm³/mol. The minimum Gasteiger partial charge on any atom is -0.350 e. The van der Waals surface area contributed by atoms with Crippen LogP contribution in [0.4, 0.5) is 0 Å². The minimum atomic E-state index is -0.119. The maximum atomic E-state index is 11.4. The summed E-state index contributed by atoms with van der Waals surface area (Å²) in [6.07, 6.45) is 3.62. The molecule has 1 heterocycles. The van der Waals surface area contributed by atoms with E-state index in [0.29, 0.717) is 12.2 Å². The molecule has 0 fully saturated rings. The van der Waals surface area contributed by atoms with Gasteiger partial charge in [-0.2, -0.15) is 11.8 Å². The molecule has 0 bridgehead atoms. The van der Waals surface area contributed by atoms with Crippen LogP contribution in [-0.2, 0) is 0 Å². The first-order valence-corrected chi connectivity index (χ1v) is 6.31. The zero-order chi connectivity index (χ0) is 10.4. The highest BCUT2D eigenvalue weighted by molar-refractivity contribution is 9.10. The number of rotatable bonds is 4. The molecule has 0 spiro atoms. The first-order chi connectivity index (χ1) is 6.74. The lowest BCUT2D eigenvalue weighted by atomic mass is 10.3. The molecule has 0 aliphatic rings. The minimum absolute atomic E-state index is 0.119. The molecule has 76 valence electrons. The molecule has 1 N–H and O–H groups in total. The first-order valence-electron chi connectivity index (χ1n) is 4.12. The molecule has 14 heavy (non-hydrogen) atoms. The molecule has 0 aromatic carbocycles. The van der Waals surface area contributed by atoms with Crippen LogP contribution < -0.4 is 5.32 Å². The van der Waals surface area contributed by atoms with Crippen molar-refractivity contribution in [3.8, 4) is 0 Å². The Morgan fingerprint density at radius 1 is 1.64 bits per heavy atom. The second-order valence-electron chi connectivity index (χ2n) is 2.61. The van der Waals surface area contributed by atoms with E-state index < -0.39 is 0 Å². The van der Waals surface area contributed by atoms with Gasteiger partial charge in [0.1, 0.15) is 5.69 Å². The number of carbonyl (C=O) groups excluding carboxylic acids is 1. The molecule has 3 nitrogen and oxygen atoms in total. The van der Waals surface area contributed by atoms with Gasteiger partial charge in [0.05, 0.1) is 0 Å². The second kappa shape index (κ2) is 6.03. The average molecular weight is 275 g/mol. The second-order valence-corrected chi connectivity index (χ2v) is 4.51. The fourth-order valence-electron chi connectivity index (χ4n) is 0.867. The number of thioether (sulfide) groups is 1.